The molecule has 9 nitrogen and oxygen atoms in total. The number of amides is 2. The first-order chi connectivity index (χ1) is 14.2. The fourth-order valence-electron chi connectivity index (χ4n) is 2.44. The van der Waals surface area contributed by atoms with Crippen molar-refractivity contribution in [3.63, 3.8) is 0 Å². The van der Waals surface area contributed by atoms with Crippen molar-refractivity contribution in [3.8, 4) is 5.75 Å². The second-order valence-corrected chi connectivity index (χ2v) is 8.29. The van der Waals surface area contributed by atoms with Crippen LogP contribution in [0.15, 0.2) is 53.4 Å². The zero-order valence-corrected chi connectivity index (χ0v) is 17.3. The molecule has 10 heteroatoms. The summed E-state index contributed by atoms with van der Waals surface area (Å²) in [6.45, 7) is 0.787. The summed E-state index contributed by atoms with van der Waals surface area (Å²) < 4.78 is 34.6. The molecule has 160 valence electrons. The van der Waals surface area contributed by atoms with Crippen LogP contribution in [0.3, 0.4) is 0 Å². The predicted molar refractivity (Wildman–Crippen MR) is 110 cm³/mol. The minimum absolute atomic E-state index is 0.0123. The molecule has 0 saturated heterocycles. The molecule has 0 aromatic heterocycles. The Morgan fingerprint density at radius 3 is 2.27 bits per heavy atom. The number of rotatable bonds is 9. The lowest BCUT2D eigenvalue weighted by Crippen LogP contribution is -2.22. The topological polar surface area (TPSA) is 128 Å². The first-order valence-corrected chi connectivity index (χ1v) is 10.6. The van der Waals surface area contributed by atoms with Gasteiger partial charge in [0.25, 0.3) is 5.91 Å². The lowest BCUT2D eigenvalue weighted by Gasteiger charge is -2.10. The fraction of sp³-hybridized carbons (Fsp3) is 0.250. The van der Waals surface area contributed by atoms with E-state index in [2.05, 4.69) is 10.6 Å². The van der Waals surface area contributed by atoms with Gasteiger partial charge in [-0.25, -0.2) is 8.42 Å². The standard InChI is InChI=1S/C20H22N2O7S/c1-14(23)21-15-7-9-16(10-8-15)30(26,27)12-11-20(25)29-13-19(24)22-17-5-3-4-6-18(17)28-2/h3-10H,11-13H2,1-2H3,(H,21,23)(H,22,24). The highest BCUT2D eigenvalue weighted by Crippen LogP contribution is 2.22. The van der Waals surface area contributed by atoms with Crippen molar-refractivity contribution in [2.75, 3.05) is 30.1 Å². The Morgan fingerprint density at radius 1 is 0.967 bits per heavy atom. The minimum atomic E-state index is -3.73. The number of anilines is 2. The molecule has 0 atom stereocenters. The zero-order chi connectivity index (χ0) is 22.1. The van der Waals surface area contributed by atoms with Crippen LogP contribution in [0.2, 0.25) is 0 Å². The van der Waals surface area contributed by atoms with Gasteiger partial charge in [0.2, 0.25) is 5.91 Å². The highest BCUT2D eigenvalue weighted by molar-refractivity contribution is 7.91. The molecular weight excluding hydrogens is 412 g/mol. The van der Waals surface area contributed by atoms with Crippen molar-refractivity contribution in [2.24, 2.45) is 0 Å². The van der Waals surface area contributed by atoms with E-state index in [9.17, 15) is 22.8 Å². The second-order valence-electron chi connectivity index (χ2n) is 6.18. The molecule has 2 N–H and O–H groups in total. The third kappa shape index (κ3) is 6.89. The Morgan fingerprint density at radius 2 is 1.63 bits per heavy atom. The first-order valence-electron chi connectivity index (χ1n) is 8.90. The van der Waals surface area contributed by atoms with Crippen LogP contribution in [0.5, 0.6) is 5.75 Å². The van der Waals surface area contributed by atoms with Crippen LogP contribution in [0.25, 0.3) is 0 Å². The van der Waals surface area contributed by atoms with Gasteiger partial charge in [0.05, 0.1) is 29.9 Å². The van der Waals surface area contributed by atoms with E-state index in [0.717, 1.165) is 0 Å². The van der Waals surface area contributed by atoms with E-state index in [4.69, 9.17) is 9.47 Å². The van der Waals surface area contributed by atoms with Gasteiger partial charge in [0.1, 0.15) is 5.75 Å². The van der Waals surface area contributed by atoms with Crippen LogP contribution in [-0.2, 0) is 29.0 Å². The molecule has 0 aliphatic carbocycles. The van der Waals surface area contributed by atoms with Gasteiger partial charge in [0, 0.05) is 12.6 Å². The number of esters is 1. The number of nitrogens with one attached hydrogen (secondary N) is 2. The van der Waals surface area contributed by atoms with Crippen LogP contribution in [0.1, 0.15) is 13.3 Å². The number of hydrogen-bond donors (Lipinski definition) is 2. The highest BCUT2D eigenvalue weighted by Gasteiger charge is 2.18. The molecule has 0 radical (unpaired) electrons. The van der Waals surface area contributed by atoms with Crippen molar-refractivity contribution >= 4 is 39.0 Å². The average Bonchev–Trinajstić information content (AvgIpc) is 2.71. The van der Waals surface area contributed by atoms with E-state index in [1.54, 1.807) is 24.3 Å². The molecule has 2 amide bonds. The number of para-hydroxylation sites is 2. The van der Waals surface area contributed by atoms with Gasteiger partial charge in [-0.15, -0.1) is 0 Å². The summed E-state index contributed by atoms with van der Waals surface area (Å²) in [4.78, 5) is 34.8. The third-order valence-electron chi connectivity index (χ3n) is 3.85. The molecule has 0 saturated carbocycles. The fourth-order valence-corrected chi connectivity index (χ4v) is 3.66. The number of sulfone groups is 1. The maximum Gasteiger partial charge on any atom is 0.307 e. The predicted octanol–water partition coefficient (Wildman–Crippen LogP) is 2.00. The van der Waals surface area contributed by atoms with Crippen molar-refractivity contribution < 1.29 is 32.3 Å². The summed E-state index contributed by atoms with van der Waals surface area (Å²) in [7, 11) is -2.27. The molecule has 0 unspecified atom stereocenters. The van der Waals surface area contributed by atoms with Gasteiger partial charge in [-0.3, -0.25) is 14.4 Å². The molecule has 0 fully saturated rings. The van der Waals surface area contributed by atoms with Crippen LogP contribution in [0, 0.1) is 0 Å². The minimum Gasteiger partial charge on any atom is -0.495 e. The van der Waals surface area contributed by atoms with Crippen molar-refractivity contribution in [1.29, 1.82) is 0 Å². The van der Waals surface area contributed by atoms with E-state index in [0.29, 0.717) is 17.1 Å². The molecule has 2 rings (SSSR count). The number of methoxy groups -OCH3 is 1. The highest BCUT2D eigenvalue weighted by atomic mass is 32.2. The van der Waals surface area contributed by atoms with Crippen LogP contribution >= 0.6 is 0 Å². The molecular formula is C20H22N2O7S. The summed E-state index contributed by atoms with van der Waals surface area (Å²) >= 11 is 0. The summed E-state index contributed by atoms with van der Waals surface area (Å²) in [5.41, 5.74) is 0.883. The maximum absolute atomic E-state index is 12.3. The van der Waals surface area contributed by atoms with Crippen LogP contribution in [-0.4, -0.2) is 45.7 Å². The van der Waals surface area contributed by atoms with Gasteiger partial charge in [-0.1, -0.05) is 12.1 Å². The number of carbonyl (C=O) groups excluding carboxylic acids is 3. The molecule has 0 heterocycles. The van der Waals surface area contributed by atoms with Gasteiger partial charge in [-0.05, 0) is 36.4 Å². The lowest BCUT2D eigenvalue weighted by molar-refractivity contribution is -0.146. The van der Waals surface area contributed by atoms with Gasteiger partial charge < -0.3 is 20.1 Å². The first kappa shape index (κ1) is 22.9. The van der Waals surface area contributed by atoms with E-state index in [1.807, 2.05) is 0 Å². The van der Waals surface area contributed by atoms with Crippen LogP contribution in [0.4, 0.5) is 11.4 Å². The summed E-state index contributed by atoms with van der Waals surface area (Å²) in [5.74, 6) is -1.69. The summed E-state index contributed by atoms with van der Waals surface area (Å²) in [6.07, 6.45) is -0.405. The molecule has 0 spiro atoms. The van der Waals surface area contributed by atoms with E-state index < -0.39 is 40.5 Å². The molecule has 30 heavy (non-hydrogen) atoms. The largest absolute Gasteiger partial charge is 0.495 e. The molecule has 0 aliphatic heterocycles. The monoisotopic (exact) mass is 434 g/mol. The van der Waals surface area contributed by atoms with Crippen molar-refractivity contribution in [1.82, 2.24) is 0 Å². The molecule has 0 aliphatic rings. The number of benzene rings is 2. The van der Waals surface area contributed by atoms with Crippen molar-refractivity contribution in [2.45, 2.75) is 18.2 Å². The smallest absolute Gasteiger partial charge is 0.307 e. The summed E-state index contributed by atoms with van der Waals surface area (Å²) in [6, 6.07) is 12.3. The zero-order valence-electron chi connectivity index (χ0n) is 16.5. The second kappa shape index (κ2) is 10.4. The third-order valence-corrected chi connectivity index (χ3v) is 5.59. The van der Waals surface area contributed by atoms with E-state index in [1.165, 1.54) is 38.3 Å². The number of hydrogen-bond acceptors (Lipinski definition) is 7. The Bertz CT molecular complexity index is 1020. The molecule has 2 aromatic carbocycles. The van der Waals surface area contributed by atoms with Crippen LogP contribution < -0.4 is 15.4 Å². The summed E-state index contributed by atoms with van der Waals surface area (Å²) in [5, 5.41) is 5.08. The maximum atomic E-state index is 12.3. The van der Waals surface area contributed by atoms with E-state index >= 15 is 0 Å². The Hall–Kier alpha value is -3.40. The Labute approximate surface area is 174 Å². The van der Waals surface area contributed by atoms with Gasteiger partial charge >= 0.3 is 5.97 Å². The van der Waals surface area contributed by atoms with E-state index in [-0.39, 0.29) is 10.8 Å². The van der Waals surface area contributed by atoms with Gasteiger partial charge in [-0.2, -0.15) is 0 Å². The Kier molecular flexibility index (Phi) is 7.93. The molecule has 2 aromatic rings. The lowest BCUT2D eigenvalue weighted by atomic mass is 10.3. The molecule has 0 bridgehead atoms. The number of ether oxygens (including phenoxy) is 2. The van der Waals surface area contributed by atoms with Crippen molar-refractivity contribution in [3.05, 3.63) is 48.5 Å². The average molecular weight is 434 g/mol. The quantitative estimate of drug-likeness (QED) is 0.578. The Balaban J connectivity index is 1.83. The number of carbonyl (C=O) groups is 3. The van der Waals surface area contributed by atoms with Gasteiger partial charge in [0.15, 0.2) is 16.4 Å². The normalized spacial score (nSPS) is 10.7. The SMILES string of the molecule is COc1ccccc1NC(=O)COC(=O)CCS(=O)(=O)c1ccc(NC(C)=O)cc1.